The van der Waals surface area contributed by atoms with Crippen LogP contribution in [-0.4, -0.2) is 9.13 Å². The minimum absolute atomic E-state index is 0.0467. The van der Waals surface area contributed by atoms with Crippen molar-refractivity contribution in [3.63, 3.8) is 0 Å². The average molecular weight is 742 g/mol. The largest absolute Gasteiger partial charge is 0.416 e. The molecule has 0 fully saturated rings. The first-order valence-corrected chi connectivity index (χ1v) is 16.5. The third-order valence-corrected chi connectivity index (χ3v) is 9.84. The molecule has 0 atom stereocenters. The minimum atomic E-state index is -4.80. The molecule has 6 aromatic carbocycles. The van der Waals surface area contributed by atoms with Gasteiger partial charge in [0.15, 0.2) is 0 Å². The molecule has 0 spiro atoms. The first kappa shape index (κ1) is 34.8. The summed E-state index contributed by atoms with van der Waals surface area (Å²) in [6, 6.07) is 26.4. The molecule has 0 amide bonds. The van der Waals surface area contributed by atoms with E-state index >= 15 is 0 Å². The average Bonchev–Trinajstić information content (AvgIpc) is 3.61. The monoisotopic (exact) mass is 741 g/mol. The van der Waals surface area contributed by atoms with Crippen molar-refractivity contribution in [1.82, 2.24) is 9.13 Å². The highest BCUT2D eigenvalue weighted by molar-refractivity contribution is 6.12. The van der Waals surface area contributed by atoms with Crippen molar-refractivity contribution < 1.29 is 39.5 Å². The number of hydrogen-bond donors (Lipinski definition) is 0. The molecule has 0 aliphatic rings. The molecule has 2 aromatic heterocycles. The normalized spacial score (nSPS) is 12.7. The summed E-state index contributed by atoms with van der Waals surface area (Å²) in [6.07, 6.45) is -14.3. The van der Waals surface area contributed by atoms with Crippen LogP contribution in [-0.2, 0) is 18.5 Å². The number of fused-ring (bicyclic) bond motifs is 6. The number of nitrogens with zero attached hydrogens (tertiary/aromatic N) is 3. The van der Waals surface area contributed by atoms with Crippen LogP contribution in [0.5, 0.6) is 0 Å². The highest BCUT2D eigenvalue weighted by Gasteiger charge is 2.35. The Kier molecular flexibility index (Phi) is 7.68. The molecular weight excluding hydrogens is 717 g/mol. The van der Waals surface area contributed by atoms with Crippen molar-refractivity contribution >= 4 is 43.6 Å². The minimum Gasteiger partial charge on any atom is -0.309 e. The smallest absolute Gasteiger partial charge is 0.309 e. The number of aryl methyl sites for hydroxylation is 1. The topological polar surface area (TPSA) is 33.6 Å². The molecule has 0 radical (unpaired) electrons. The van der Waals surface area contributed by atoms with E-state index in [0.29, 0.717) is 38.7 Å². The molecule has 12 heteroatoms. The quantitative estimate of drug-likeness (QED) is 0.166. The van der Waals surface area contributed by atoms with Gasteiger partial charge in [0.05, 0.1) is 61.8 Å². The number of hydrogen-bond acceptors (Lipinski definition) is 1. The first-order valence-electron chi connectivity index (χ1n) is 16.5. The Morgan fingerprint density at radius 3 is 1.44 bits per heavy atom. The molecule has 8 rings (SSSR count). The van der Waals surface area contributed by atoms with Gasteiger partial charge in [-0.1, -0.05) is 48.5 Å². The fourth-order valence-electron chi connectivity index (χ4n) is 7.39. The van der Waals surface area contributed by atoms with Gasteiger partial charge in [0, 0.05) is 27.1 Å². The molecule has 0 unspecified atom stereocenters. The van der Waals surface area contributed by atoms with Gasteiger partial charge in [-0.05, 0) is 91.2 Å². The van der Waals surface area contributed by atoms with Crippen LogP contribution in [0, 0.1) is 25.2 Å². The molecule has 8 aromatic rings. The summed E-state index contributed by atoms with van der Waals surface area (Å²) in [5, 5.41) is 11.4. The zero-order valence-electron chi connectivity index (χ0n) is 28.1. The lowest BCUT2D eigenvalue weighted by atomic mass is 9.97. The molecule has 270 valence electrons. The number of aromatic nitrogens is 2. The molecule has 3 nitrogen and oxygen atoms in total. The maximum atomic E-state index is 14.3. The third kappa shape index (κ3) is 5.54. The number of benzene rings is 6. The van der Waals surface area contributed by atoms with Gasteiger partial charge in [0.25, 0.3) is 0 Å². The van der Waals surface area contributed by atoms with Crippen molar-refractivity contribution in [2.45, 2.75) is 32.4 Å². The molecule has 0 N–H and O–H groups in total. The van der Waals surface area contributed by atoms with Gasteiger partial charge in [0.1, 0.15) is 0 Å². The third-order valence-electron chi connectivity index (χ3n) is 9.84. The van der Waals surface area contributed by atoms with Crippen LogP contribution >= 0.6 is 0 Å². The van der Waals surface area contributed by atoms with Crippen LogP contribution in [0.3, 0.4) is 0 Å². The number of halogens is 9. The van der Waals surface area contributed by atoms with Crippen LogP contribution in [0.4, 0.5) is 39.5 Å². The Labute approximate surface area is 300 Å². The Hall–Kier alpha value is -6.22. The van der Waals surface area contributed by atoms with Crippen molar-refractivity contribution in [2.24, 2.45) is 0 Å². The summed E-state index contributed by atoms with van der Waals surface area (Å²) in [7, 11) is 0. The van der Waals surface area contributed by atoms with Crippen molar-refractivity contribution in [3.05, 3.63) is 143 Å². The van der Waals surface area contributed by atoms with E-state index in [2.05, 4.69) is 6.07 Å². The summed E-state index contributed by atoms with van der Waals surface area (Å²) in [5.41, 5.74) is 0.360. The molecule has 0 saturated carbocycles. The fourth-order valence-corrected chi connectivity index (χ4v) is 7.39. The molecular formula is C42H24F9N3. The molecule has 0 aliphatic carbocycles. The lowest BCUT2D eigenvalue weighted by molar-refractivity contribution is -0.138. The summed E-state index contributed by atoms with van der Waals surface area (Å²) in [6.45, 7) is 3.45. The van der Waals surface area contributed by atoms with Gasteiger partial charge in [0.2, 0.25) is 0 Å². The molecule has 2 heterocycles. The van der Waals surface area contributed by atoms with Crippen LogP contribution in [0.25, 0.3) is 66.1 Å². The first-order chi connectivity index (χ1) is 25.5. The Bertz CT molecular complexity index is 2810. The summed E-state index contributed by atoms with van der Waals surface area (Å²) in [5.74, 6) is 0. The lowest BCUT2D eigenvalue weighted by Gasteiger charge is -2.22. The van der Waals surface area contributed by atoms with E-state index in [9.17, 15) is 44.8 Å². The number of nitriles is 1. The zero-order valence-corrected chi connectivity index (χ0v) is 28.1. The highest BCUT2D eigenvalue weighted by Crippen LogP contribution is 2.45. The molecule has 54 heavy (non-hydrogen) atoms. The summed E-state index contributed by atoms with van der Waals surface area (Å²) in [4.78, 5) is 0. The van der Waals surface area contributed by atoms with Gasteiger partial charge in [-0.2, -0.15) is 44.8 Å². The van der Waals surface area contributed by atoms with E-state index in [0.717, 1.165) is 42.0 Å². The van der Waals surface area contributed by atoms with Gasteiger partial charge >= 0.3 is 18.5 Å². The van der Waals surface area contributed by atoms with Gasteiger partial charge < -0.3 is 9.13 Å². The van der Waals surface area contributed by atoms with Crippen molar-refractivity contribution in [2.75, 3.05) is 0 Å². The summed E-state index contributed by atoms with van der Waals surface area (Å²) < 4.78 is 131. The zero-order chi connectivity index (χ0) is 38.5. The van der Waals surface area contributed by atoms with Crippen LogP contribution in [0.2, 0.25) is 0 Å². The Morgan fingerprint density at radius 2 is 0.963 bits per heavy atom. The molecule has 0 saturated heterocycles. The maximum Gasteiger partial charge on any atom is 0.416 e. The van der Waals surface area contributed by atoms with Gasteiger partial charge in [-0.15, -0.1) is 0 Å². The molecule has 0 bridgehead atoms. The molecule has 0 aliphatic heterocycles. The predicted octanol–water partition coefficient (Wildman–Crippen LogP) is 13.1. The fraction of sp³-hybridized carbons (Fsp3) is 0.119. The van der Waals surface area contributed by atoms with Crippen molar-refractivity contribution in [1.29, 1.82) is 5.26 Å². The highest BCUT2D eigenvalue weighted by atomic mass is 19.4. The predicted molar refractivity (Wildman–Crippen MR) is 190 cm³/mol. The van der Waals surface area contributed by atoms with E-state index in [1.807, 2.05) is 13.0 Å². The van der Waals surface area contributed by atoms with E-state index in [4.69, 9.17) is 0 Å². The van der Waals surface area contributed by atoms with Gasteiger partial charge in [-0.25, -0.2) is 0 Å². The Morgan fingerprint density at radius 1 is 0.500 bits per heavy atom. The van der Waals surface area contributed by atoms with E-state index < -0.39 is 35.2 Å². The van der Waals surface area contributed by atoms with Crippen molar-refractivity contribution in [3.8, 4) is 28.6 Å². The van der Waals surface area contributed by atoms with Crippen LogP contribution < -0.4 is 0 Å². The second-order valence-corrected chi connectivity index (χ2v) is 13.2. The second kappa shape index (κ2) is 11.9. The number of alkyl halides is 9. The summed E-state index contributed by atoms with van der Waals surface area (Å²) >= 11 is 0. The van der Waals surface area contributed by atoms with Crippen LogP contribution in [0.15, 0.2) is 109 Å². The van der Waals surface area contributed by atoms with Crippen LogP contribution in [0.1, 0.15) is 33.4 Å². The van der Waals surface area contributed by atoms with E-state index in [1.54, 1.807) is 60.0 Å². The standard InChI is InChI=1S/C42H24F9N3/c1-22-6-10-30-31-11-7-26(40(43,44)45)18-36(31)53(35(30)16-22)34-15-14-29(25-5-3-4-24(17-25)21-52)39(23(34)2)54-37-19-27(41(46,47)48)8-12-32(37)33-13-9-28(20-38(33)54)42(49,50)51/h3-20H,1-2H3. The van der Waals surface area contributed by atoms with E-state index in [-0.39, 0.29) is 38.6 Å². The lowest BCUT2D eigenvalue weighted by Crippen LogP contribution is -2.09. The second-order valence-electron chi connectivity index (χ2n) is 13.2. The SMILES string of the molecule is Cc1ccc2c3ccc(C(F)(F)F)cc3n(-c3ccc(-c4cccc(C#N)c4)c(-n4c5cc(C(F)(F)F)ccc5c5ccc(C(F)(F)F)cc54)c3C)c2c1. The van der Waals surface area contributed by atoms with Gasteiger partial charge in [-0.3, -0.25) is 0 Å². The Balaban J connectivity index is 1.58. The number of rotatable bonds is 3. The maximum absolute atomic E-state index is 14.3. The van der Waals surface area contributed by atoms with E-state index in [1.165, 1.54) is 22.8 Å².